The van der Waals surface area contributed by atoms with Crippen LogP contribution in [0.25, 0.3) is 0 Å². The average Bonchev–Trinajstić information content (AvgIpc) is 2.62. The lowest BCUT2D eigenvalue weighted by Gasteiger charge is -2.31. The second-order valence-electron chi connectivity index (χ2n) is 6.24. The summed E-state index contributed by atoms with van der Waals surface area (Å²) in [6.45, 7) is 2.68. The Hall–Kier alpha value is -1.67. The van der Waals surface area contributed by atoms with E-state index in [0.717, 1.165) is 5.56 Å². The standard InChI is InChI=1S/C18H20ClFN2O3S/c1-25-18-6-5-16(20)11-14(18)13-21-7-9-22(10-8-21)26(23,24)17-4-2-3-15(19)12-17/h2-6,11-12H,7-10,13H2,1H3/p+1. The maximum atomic E-state index is 13.5. The van der Waals surface area contributed by atoms with E-state index in [-0.39, 0.29) is 10.7 Å². The van der Waals surface area contributed by atoms with Crippen LogP contribution in [0, 0.1) is 5.82 Å². The summed E-state index contributed by atoms with van der Waals surface area (Å²) in [5, 5.41) is 0.397. The van der Waals surface area contributed by atoms with Gasteiger partial charge in [0.25, 0.3) is 0 Å². The number of benzene rings is 2. The second kappa shape index (κ2) is 7.92. The highest BCUT2D eigenvalue weighted by Crippen LogP contribution is 2.20. The van der Waals surface area contributed by atoms with Crippen molar-refractivity contribution in [2.45, 2.75) is 11.4 Å². The van der Waals surface area contributed by atoms with E-state index < -0.39 is 10.0 Å². The first-order valence-corrected chi connectivity index (χ1v) is 10.1. The molecule has 0 spiro atoms. The number of hydrogen-bond donors (Lipinski definition) is 1. The van der Waals surface area contributed by atoms with E-state index >= 15 is 0 Å². The van der Waals surface area contributed by atoms with Crippen LogP contribution < -0.4 is 9.64 Å². The molecule has 1 aliphatic heterocycles. The van der Waals surface area contributed by atoms with Crippen molar-refractivity contribution >= 4 is 21.6 Å². The molecule has 0 radical (unpaired) electrons. The van der Waals surface area contributed by atoms with E-state index in [1.165, 1.54) is 27.4 Å². The van der Waals surface area contributed by atoms with Gasteiger partial charge >= 0.3 is 0 Å². The summed E-state index contributed by atoms with van der Waals surface area (Å²) in [5.41, 5.74) is 0.786. The molecule has 5 nitrogen and oxygen atoms in total. The summed E-state index contributed by atoms with van der Waals surface area (Å²) >= 11 is 5.92. The zero-order chi connectivity index (χ0) is 18.7. The predicted octanol–water partition coefficient (Wildman–Crippen LogP) is 1.58. The lowest BCUT2D eigenvalue weighted by Crippen LogP contribution is -3.13. The number of sulfonamides is 1. The average molecular weight is 400 g/mol. The van der Waals surface area contributed by atoms with Crippen LogP contribution in [-0.2, 0) is 16.6 Å². The Bertz CT molecular complexity index is 884. The molecule has 2 aromatic carbocycles. The molecule has 1 N–H and O–H groups in total. The number of piperazine rings is 1. The van der Waals surface area contributed by atoms with Gasteiger partial charge in [-0.3, -0.25) is 0 Å². The number of methoxy groups -OCH3 is 1. The molecule has 0 unspecified atom stereocenters. The van der Waals surface area contributed by atoms with Crippen LogP contribution in [0.4, 0.5) is 4.39 Å². The van der Waals surface area contributed by atoms with Gasteiger partial charge in [0.15, 0.2) is 0 Å². The van der Waals surface area contributed by atoms with Gasteiger partial charge in [0.1, 0.15) is 18.1 Å². The van der Waals surface area contributed by atoms with E-state index in [4.69, 9.17) is 16.3 Å². The molecule has 8 heteroatoms. The molecule has 1 heterocycles. The maximum Gasteiger partial charge on any atom is 0.243 e. The molecule has 0 amide bonds. The monoisotopic (exact) mass is 399 g/mol. The zero-order valence-corrected chi connectivity index (χ0v) is 16.0. The highest BCUT2D eigenvalue weighted by Gasteiger charge is 2.30. The van der Waals surface area contributed by atoms with Crippen molar-refractivity contribution in [1.82, 2.24) is 4.31 Å². The molecule has 2 aromatic rings. The van der Waals surface area contributed by atoms with Crippen molar-refractivity contribution in [1.29, 1.82) is 0 Å². The topological polar surface area (TPSA) is 51.1 Å². The van der Waals surface area contributed by atoms with Gasteiger partial charge in [-0.15, -0.1) is 0 Å². The minimum absolute atomic E-state index is 0.209. The number of ether oxygens (including phenoxy) is 1. The quantitative estimate of drug-likeness (QED) is 0.830. The zero-order valence-electron chi connectivity index (χ0n) is 14.4. The van der Waals surface area contributed by atoms with E-state index in [0.29, 0.717) is 43.5 Å². The number of halogens is 2. The predicted molar refractivity (Wildman–Crippen MR) is 97.6 cm³/mol. The van der Waals surface area contributed by atoms with Crippen molar-refractivity contribution in [3.63, 3.8) is 0 Å². The smallest absolute Gasteiger partial charge is 0.243 e. The fraction of sp³-hybridized carbons (Fsp3) is 0.333. The van der Waals surface area contributed by atoms with Crippen LogP contribution in [0.15, 0.2) is 47.4 Å². The van der Waals surface area contributed by atoms with Crippen LogP contribution in [0.1, 0.15) is 5.56 Å². The third-order valence-corrected chi connectivity index (χ3v) is 6.68. The molecular formula is C18H21ClFN2O3S+. The summed E-state index contributed by atoms with van der Waals surface area (Å²) in [6.07, 6.45) is 0. The lowest BCUT2D eigenvalue weighted by molar-refractivity contribution is -0.917. The molecule has 3 rings (SSSR count). The highest BCUT2D eigenvalue weighted by molar-refractivity contribution is 7.89. The Labute approximate surface area is 158 Å². The van der Waals surface area contributed by atoms with E-state index in [2.05, 4.69) is 0 Å². The summed E-state index contributed by atoms with van der Waals surface area (Å²) in [6, 6.07) is 10.8. The third-order valence-electron chi connectivity index (χ3n) is 4.55. The third kappa shape index (κ3) is 4.17. The van der Waals surface area contributed by atoms with Crippen LogP contribution in [0.2, 0.25) is 5.02 Å². The molecule has 140 valence electrons. The first kappa shape index (κ1) is 19.1. The van der Waals surface area contributed by atoms with Crippen molar-refractivity contribution in [3.8, 4) is 5.75 Å². The SMILES string of the molecule is COc1ccc(F)cc1C[NH+]1CCN(S(=O)(=O)c2cccc(Cl)c2)CC1. The van der Waals surface area contributed by atoms with E-state index in [9.17, 15) is 12.8 Å². The molecule has 0 aliphatic carbocycles. The number of rotatable bonds is 5. The van der Waals surface area contributed by atoms with Crippen LogP contribution >= 0.6 is 11.6 Å². The first-order valence-electron chi connectivity index (χ1n) is 8.32. The number of nitrogens with zero attached hydrogens (tertiary/aromatic N) is 1. The minimum Gasteiger partial charge on any atom is -0.496 e. The van der Waals surface area contributed by atoms with Gasteiger partial charge in [-0.05, 0) is 36.4 Å². The Morgan fingerprint density at radius 3 is 2.58 bits per heavy atom. The van der Waals surface area contributed by atoms with Gasteiger partial charge in [0.05, 0.1) is 43.7 Å². The van der Waals surface area contributed by atoms with E-state index in [1.807, 2.05) is 0 Å². The fourth-order valence-corrected chi connectivity index (χ4v) is 4.89. The normalized spacial score (nSPS) is 16.6. The van der Waals surface area contributed by atoms with E-state index in [1.54, 1.807) is 31.4 Å². The van der Waals surface area contributed by atoms with Crippen molar-refractivity contribution in [3.05, 3.63) is 58.9 Å². The second-order valence-corrected chi connectivity index (χ2v) is 8.62. The Kier molecular flexibility index (Phi) is 5.82. The van der Waals surface area contributed by atoms with Gasteiger partial charge in [-0.1, -0.05) is 17.7 Å². The van der Waals surface area contributed by atoms with Gasteiger partial charge in [0.2, 0.25) is 10.0 Å². The summed E-state index contributed by atoms with van der Waals surface area (Å²) in [5.74, 6) is 0.343. The van der Waals surface area contributed by atoms with Crippen LogP contribution in [0.3, 0.4) is 0 Å². The van der Waals surface area contributed by atoms with Crippen molar-refractivity contribution in [2.24, 2.45) is 0 Å². The number of hydrogen-bond acceptors (Lipinski definition) is 3. The molecular weight excluding hydrogens is 379 g/mol. The first-order chi connectivity index (χ1) is 12.4. The van der Waals surface area contributed by atoms with Gasteiger partial charge < -0.3 is 9.64 Å². The van der Waals surface area contributed by atoms with Crippen molar-refractivity contribution in [2.75, 3.05) is 33.3 Å². The fourth-order valence-electron chi connectivity index (χ4n) is 3.15. The van der Waals surface area contributed by atoms with Gasteiger partial charge in [-0.2, -0.15) is 4.31 Å². The Morgan fingerprint density at radius 2 is 1.92 bits per heavy atom. The minimum atomic E-state index is -3.55. The highest BCUT2D eigenvalue weighted by atomic mass is 35.5. The van der Waals surface area contributed by atoms with Crippen molar-refractivity contribution < 1.29 is 22.4 Å². The largest absolute Gasteiger partial charge is 0.496 e. The summed E-state index contributed by atoms with van der Waals surface area (Å²) in [4.78, 5) is 1.40. The molecule has 0 bridgehead atoms. The molecule has 0 aromatic heterocycles. The summed E-state index contributed by atoms with van der Waals surface area (Å²) in [7, 11) is -1.99. The molecule has 26 heavy (non-hydrogen) atoms. The lowest BCUT2D eigenvalue weighted by atomic mass is 10.1. The number of quaternary nitrogens is 1. The van der Waals surface area contributed by atoms with Gasteiger partial charge in [-0.25, -0.2) is 12.8 Å². The molecule has 1 saturated heterocycles. The molecule has 0 saturated carbocycles. The molecule has 0 atom stereocenters. The van der Waals surface area contributed by atoms with Crippen LogP contribution in [-0.4, -0.2) is 46.0 Å². The van der Waals surface area contributed by atoms with Gasteiger partial charge in [0, 0.05) is 5.02 Å². The molecule has 1 aliphatic rings. The summed E-state index contributed by atoms with van der Waals surface area (Å²) < 4.78 is 45.8. The number of nitrogens with one attached hydrogen (secondary N) is 1. The Morgan fingerprint density at radius 1 is 1.19 bits per heavy atom. The molecule has 1 fully saturated rings. The Balaban J connectivity index is 1.67. The maximum absolute atomic E-state index is 13.5. The van der Waals surface area contributed by atoms with Crippen LogP contribution in [0.5, 0.6) is 5.75 Å².